The average molecular weight is 469 g/mol. The zero-order valence-electron chi connectivity index (χ0n) is 16.8. The molecule has 1 saturated heterocycles. The third-order valence-electron chi connectivity index (χ3n) is 5.42. The van der Waals surface area contributed by atoms with Crippen molar-refractivity contribution in [2.45, 2.75) is 25.8 Å². The highest BCUT2D eigenvalue weighted by Gasteiger charge is 2.25. The van der Waals surface area contributed by atoms with Crippen LogP contribution in [0.3, 0.4) is 0 Å². The SMILES string of the molecule is O=C(NCCc1ccccc1)C1CCN(Cc2nc(-c3cccc(Br)c3)no2)CC1. The fourth-order valence-electron chi connectivity index (χ4n) is 3.73. The molecule has 0 aliphatic carbocycles. The lowest BCUT2D eigenvalue weighted by atomic mass is 9.96. The number of rotatable bonds is 7. The Balaban J connectivity index is 1.21. The molecule has 2 aromatic carbocycles. The monoisotopic (exact) mass is 468 g/mol. The first kappa shape index (κ1) is 20.8. The number of carbonyl (C=O) groups excluding carboxylic acids is 1. The van der Waals surface area contributed by atoms with Crippen LogP contribution >= 0.6 is 15.9 Å². The Morgan fingerprint density at radius 2 is 1.93 bits per heavy atom. The number of hydrogen-bond donors (Lipinski definition) is 1. The van der Waals surface area contributed by atoms with Crippen molar-refractivity contribution in [2.24, 2.45) is 5.92 Å². The number of piperidine rings is 1. The van der Waals surface area contributed by atoms with Gasteiger partial charge >= 0.3 is 0 Å². The van der Waals surface area contributed by atoms with Crippen LogP contribution in [0.2, 0.25) is 0 Å². The van der Waals surface area contributed by atoms with Gasteiger partial charge in [-0.1, -0.05) is 63.6 Å². The van der Waals surface area contributed by atoms with E-state index in [0.29, 0.717) is 24.8 Å². The minimum absolute atomic E-state index is 0.0805. The van der Waals surface area contributed by atoms with Gasteiger partial charge < -0.3 is 9.84 Å². The van der Waals surface area contributed by atoms with E-state index in [9.17, 15) is 4.79 Å². The van der Waals surface area contributed by atoms with Crippen molar-refractivity contribution in [1.82, 2.24) is 20.4 Å². The first-order chi connectivity index (χ1) is 14.7. The van der Waals surface area contributed by atoms with E-state index in [0.717, 1.165) is 42.4 Å². The number of nitrogens with zero attached hydrogens (tertiary/aromatic N) is 3. The first-order valence-electron chi connectivity index (χ1n) is 10.3. The van der Waals surface area contributed by atoms with Crippen molar-refractivity contribution >= 4 is 21.8 Å². The molecule has 30 heavy (non-hydrogen) atoms. The maximum absolute atomic E-state index is 12.5. The van der Waals surface area contributed by atoms with Crippen LogP contribution in [0.15, 0.2) is 63.6 Å². The third-order valence-corrected chi connectivity index (χ3v) is 5.92. The Bertz CT molecular complexity index is 968. The van der Waals surface area contributed by atoms with E-state index in [2.05, 4.69) is 48.4 Å². The molecular weight excluding hydrogens is 444 g/mol. The molecule has 1 N–H and O–H groups in total. The summed E-state index contributed by atoms with van der Waals surface area (Å²) in [6.07, 6.45) is 2.57. The standard InChI is InChI=1S/C23H25BrN4O2/c24-20-8-4-7-19(15-20)22-26-21(30-27-22)16-28-13-10-18(11-14-28)23(29)25-12-9-17-5-2-1-3-6-17/h1-8,15,18H,9-14,16H2,(H,25,29). The Morgan fingerprint density at radius 3 is 2.70 bits per heavy atom. The number of likely N-dealkylation sites (tertiary alicyclic amines) is 1. The van der Waals surface area contributed by atoms with Gasteiger partial charge in [-0.25, -0.2) is 0 Å². The van der Waals surface area contributed by atoms with Crippen molar-refractivity contribution in [3.63, 3.8) is 0 Å². The van der Waals surface area contributed by atoms with Gasteiger partial charge in [-0.2, -0.15) is 4.98 Å². The second-order valence-corrected chi connectivity index (χ2v) is 8.51. The molecule has 1 aliphatic heterocycles. The Hall–Kier alpha value is -2.51. The van der Waals surface area contributed by atoms with E-state index >= 15 is 0 Å². The van der Waals surface area contributed by atoms with Crippen molar-refractivity contribution < 1.29 is 9.32 Å². The zero-order chi connectivity index (χ0) is 20.8. The van der Waals surface area contributed by atoms with Crippen molar-refractivity contribution in [3.8, 4) is 11.4 Å². The van der Waals surface area contributed by atoms with Crippen LogP contribution < -0.4 is 5.32 Å². The molecule has 7 heteroatoms. The quantitative estimate of drug-likeness (QED) is 0.565. The summed E-state index contributed by atoms with van der Waals surface area (Å²) < 4.78 is 6.42. The highest BCUT2D eigenvalue weighted by molar-refractivity contribution is 9.10. The predicted octanol–water partition coefficient (Wildman–Crippen LogP) is 4.07. The van der Waals surface area contributed by atoms with Crippen LogP contribution in [0, 0.1) is 5.92 Å². The summed E-state index contributed by atoms with van der Waals surface area (Å²) >= 11 is 3.46. The predicted molar refractivity (Wildman–Crippen MR) is 119 cm³/mol. The maximum Gasteiger partial charge on any atom is 0.241 e. The van der Waals surface area contributed by atoms with Crippen LogP contribution in [0.1, 0.15) is 24.3 Å². The van der Waals surface area contributed by atoms with E-state index in [1.54, 1.807) is 0 Å². The molecule has 0 saturated carbocycles. The molecule has 4 rings (SSSR count). The van der Waals surface area contributed by atoms with E-state index in [4.69, 9.17) is 4.52 Å². The van der Waals surface area contributed by atoms with Crippen molar-refractivity contribution in [1.29, 1.82) is 0 Å². The summed E-state index contributed by atoms with van der Waals surface area (Å²) in [6.45, 7) is 3.00. The molecule has 0 unspecified atom stereocenters. The van der Waals surface area contributed by atoms with Gasteiger partial charge in [0.15, 0.2) is 0 Å². The Kier molecular flexibility index (Phi) is 6.92. The number of carbonyl (C=O) groups is 1. The van der Waals surface area contributed by atoms with Gasteiger partial charge in [-0.3, -0.25) is 9.69 Å². The lowest BCUT2D eigenvalue weighted by molar-refractivity contribution is -0.126. The largest absolute Gasteiger partial charge is 0.356 e. The van der Waals surface area contributed by atoms with Crippen molar-refractivity contribution in [2.75, 3.05) is 19.6 Å². The minimum Gasteiger partial charge on any atom is -0.356 e. The molecule has 0 radical (unpaired) electrons. The smallest absolute Gasteiger partial charge is 0.241 e. The summed E-state index contributed by atoms with van der Waals surface area (Å²) in [5.74, 6) is 1.45. The molecule has 1 aromatic heterocycles. The van der Waals surface area contributed by atoms with Gasteiger partial charge in [0.25, 0.3) is 0 Å². The second kappa shape index (κ2) is 10.00. The lowest BCUT2D eigenvalue weighted by Crippen LogP contribution is -2.40. The molecule has 1 aliphatic rings. The topological polar surface area (TPSA) is 71.3 Å². The maximum atomic E-state index is 12.5. The number of nitrogens with one attached hydrogen (secondary N) is 1. The molecule has 0 spiro atoms. The van der Waals surface area contributed by atoms with Crippen LogP contribution in [0.25, 0.3) is 11.4 Å². The molecule has 156 valence electrons. The van der Waals surface area contributed by atoms with E-state index in [1.165, 1.54) is 5.56 Å². The van der Waals surface area contributed by atoms with Gasteiger partial charge in [0.05, 0.1) is 6.54 Å². The summed E-state index contributed by atoms with van der Waals surface area (Å²) in [5, 5.41) is 7.19. The molecule has 0 atom stereocenters. The summed E-state index contributed by atoms with van der Waals surface area (Å²) in [5.41, 5.74) is 2.17. The van der Waals surface area contributed by atoms with Gasteiger partial charge in [-0.15, -0.1) is 0 Å². The van der Waals surface area contributed by atoms with Crippen LogP contribution in [0.5, 0.6) is 0 Å². The number of halogens is 1. The molecule has 1 fully saturated rings. The minimum atomic E-state index is 0.0805. The highest BCUT2D eigenvalue weighted by Crippen LogP contribution is 2.22. The second-order valence-electron chi connectivity index (χ2n) is 7.60. The highest BCUT2D eigenvalue weighted by atomic mass is 79.9. The van der Waals surface area contributed by atoms with Gasteiger partial charge in [0.2, 0.25) is 17.6 Å². The number of amides is 1. The van der Waals surface area contributed by atoms with Crippen LogP contribution in [0.4, 0.5) is 0 Å². The normalized spacial score (nSPS) is 15.2. The first-order valence-corrected chi connectivity index (χ1v) is 11.1. The van der Waals surface area contributed by atoms with Gasteiger partial charge in [0, 0.05) is 22.5 Å². The average Bonchev–Trinajstić information content (AvgIpc) is 3.23. The van der Waals surface area contributed by atoms with Crippen LogP contribution in [-0.4, -0.2) is 40.6 Å². The Labute approximate surface area is 184 Å². The summed E-state index contributed by atoms with van der Waals surface area (Å²) in [6, 6.07) is 18.1. The molecular formula is C23H25BrN4O2. The third kappa shape index (κ3) is 5.55. The van der Waals surface area contributed by atoms with Gasteiger partial charge in [-0.05, 0) is 50.0 Å². The fraction of sp³-hybridized carbons (Fsp3) is 0.348. The number of aromatic nitrogens is 2. The van der Waals surface area contributed by atoms with Crippen molar-refractivity contribution in [3.05, 3.63) is 70.5 Å². The molecule has 0 bridgehead atoms. The van der Waals surface area contributed by atoms with Crippen LogP contribution in [-0.2, 0) is 17.8 Å². The molecule has 3 aromatic rings. The number of hydrogen-bond acceptors (Lipinski definition) is 5. The zero-order valence-corrected chi connectivity index (χ0v) is 18.3. The Morgan fingerprint density at radius 1 is 1.13 bits per heavy atom. The van der Waals surface area contributed by atoms with Gasteiger partial charge in [0.1, 0.15) is 0 Å². The van der Waals surface area contributed by atoms with E-state index in [1.807, 2.05) is 42.5 Å². The summed E-state index contributed by atoms with van der Waals surface area (Å²) in [7, 11) is 0. The lowest BCUT2D eigenvalue weighted by Gasteiger charge is -2.30. The summed E-state index contributed by atoms with van der Waals surface area (Å²) in [4.78, 5) is 19.3. The fourth-order valence-corrected chi connectivity index (χ4v) is 4.13. The van der Waals surface area contributed by atoms with E-state index < -0.39 is 0 Å². The van der Waals surface area contributed by atoms with E-state index in [-0.39, 0.29) is 11.8 Å². The number of benzene rings is 2. The molecule has 2 heterocycles. The molecule has 1 amide bonds. The molecule has 6 nitrogen and oxygen atoms in total.